The van der Waals surface area contributed by atoms with Crippen LogP contribution in [0.2, 0.25) is 0 Å². The molecule has 0 radical (unpaired) electrons. The highest BCUT2D eigenvalue weighted by Gasteiger charge is 2.06. The second kappa shape index (κ2) is 6.77. The molecule has 1 heterocycles. The topological polar surface area (TPSA) is 37.8 Å². The summed E-state index contributed by atoms with van der Waals surface area (Å²) in [5, 5.41) is 4.29. The average Bonchev–Trinajstić information content (AvgIpc) is 2.66. The summed E-state index contributed by atoms with van der Waals surface area (Å²) in [6.45, 7) is 7.49. The molecule has 15 heavy (non-hydrogen) atoms. The van der Waals surface area contributed by atoms with E-state index in [1.807, 2.05) is 0 Å². The zero-order valence-electron chi connectivity index (χ0n) is 9.92. The van der Waals surface area contributed by atoms with E-state index in [2.05, 4.69) is 35.4 Å². The number of hydrogen-bond donors (Lipinski definition) is 1. The third-order valence-corrected chi connectivity index (χ3v) is 2.95. The minimum Gasteiger partial charge on any atom is -0.360 e. The van der Waals surface area contributed by atoms with Crippen molar-refractivity contribution in [2.75, 3.05) is 11.9 Å². The highest BCUT2D eigenvalue weighted by Crippen LogP contribution is 2.17. The van der Waals surface area contributed by atoms with Gasteiger partial charge in [-0.05, 0) is 6.42 Å². The van der Waals surface area contributed by atoms with Crippen LogP contribution in [0.15, 0.2) is 0 Å². The molecule has 1 rings (SSSR count). The molecule has 86 valence electrons. The van der Waals surface area contributed by atoms with Crippen LogP contribution in [0.5, 0.6) is 0 Å². The predicted octanol–water partition coefficient (Wildman–Crippen LogP) is 3.65. The molecule has 0 fully saturated rings. The molecule has 0 aliphatic carbocycles. The van der Waals surface area contributed by atoms with Gasteiger partial charge < -0.3 is 5.32 Å². The van der Waals surface area contributed by atoms with Crippen LogP contribution in [0, 0.1) is 0 Å². The number of unbranched alkanes of at least 4 members (excludes halogenated alkanes) is 3. The molecular weight excluding hydrogens is 206 g/mol. The fourth-order valence-electron chi connectivity index (χ4n) is 1.29. The molecule has 0 aliphatic rings. The Bertz CT molecular complexity index is 271. The Hall–Kier alpha value is -0.640. The number of aromatic nitrogens is 2. The number of anilines is 1. The largest absolute Gasteiger partial charge is 0.360 e. The lowest BCUT2D eigenvalue weighted by Crippen LogP contribution is -2.01. The maximum atomic E-state index is 4.42. The lowest BCUT2D eigenvalue weighted by molar-refractivity contribution is 0.684. The van der Waals surface area contributed by atoms with Crippen LogP contribution in [0.3, 0.4) is 0 Å². The third kappa shape index (κ3) is 4.60. The monoisotopic (exact) mass is 227 g/mol. The second-order valence-electron chi connectivity index (χ2n) is 4.10. The molecular formula is C11H21N3S. The zero-order valence-corrected chi connectivity index (χ0v) is 10.7. The Balaban J connectivity index is 2.20. The van der Waals surface area contributed by atoms with Crippen molar-refractivity contribution in [1.29, 1.82) is 0 Å². The number of hydrogen-bond acceptors (Lipinski definition) is 4. The standard InChI is InChI=1S/C11H21N3S/c1-4-5-6-7-8-12-11-13-10(9(2)3)14-15-11/h9H,4-8H2,1-3H3,(H,12,13,14). The van der Waals surface area contributed by atoms with E-state index in [-0.39, 0.29) is 0 Å². The summed E-state index contributed by atoms with van der Waals surface area (Å²) < 4.78 is 4.30. The van der Waals surface area contributed by atoms with Gasteiger partial charge in [-0.25, -0.2) is 4.98 Å². The summed E-state index contributed by atoms with van der Waals surface area (Å²) >= 11 is 1.47. The van der Waals surface area contributed by atoms with Gasteiger partial charge in [0, 0.05) is 24.0 Å². The molecule has 0 saturated heterocycles. The van der Waals surface area contributed by atoms with Crippen LogP contribution in [-0.2, 0) is 0 Å². The van der Waals surface area contributed by atoms with E-state index < -0.39 is 0 Å². The van der Waals surface area contributed by atoms with Gasteiger partial charge in [-0.2, -0.15) is 4.37 Å². The first-order chi connectivity index (χ1) is 7.24. The second-order valence-corrected chi connectivity index (χ2v) is 4.85. The summed E-state index contributed by atoms with van der Waals surface area (Å²) in [7, 11) is 0. The fraction of sp³-hybridized carbons (Fsp3) is 0.818. The van der Waals surface area contributed by atoms with Crippen molar-refractivity contribution in [2.45, 2.75) is 52.4 Å². The van der Waals surface area contributed by atoms with E-state index in [9.17, 15) is 0 Å². The van der Waals surface area contributed by atoms with Crippen molar-refractivity contribution in [3.8, 4) is 0 Å². The smallest absolute Gasteiger partial charge is 0.202 e. The lowest BCUT2D eigenvalue weighted by atomic mass is 10.2. The fourth-order valence-corrected chi connectivity index (χ4v) is 2.02. The van der Waals surface area contributed by atoms with Gasteiger partial charge in [-0.15, -0.1) is 0 Å². The van der Waals surface area contributed by atoms with Gasteiger partial charge in [0.1, 0.15) is 5.82 Å². The Kier molecular flexibility index (Phi) is 5.61. The molecule has 0 bridgehead atoms. The van der Waals surface area contributed by atoms with E-state index in [0.29, 0.717) is 5.92 Å². The van der Waals surface area contributed by atoms with Crippen LogP contribution in [0.25, 0.3) is 0 Å². The van der Waals surface area contributed by atoms with E-state index in [4.69, 9.17) is 0 Å². The van der Waals surface area contributed by atoms with Gasteiger partial charge in [0.25, 0.3) is 0 Å². The van der Waals surface area contributed by atoms with Crippen molar-refractivity contribution >= 4 is 16.7 Å². The Labute approximate surface area is 96.5 Å². The lowest BCUT2D eigenvalue weighted by Gasteiger charge is -2.01. The maximum Gasteiger partial charge on any atom is 0.202 e. The van der Waals surface area contributed by atoms with E-state index >= 15 is 0 Å². The summed E-state index contributed by atoms with van der Waals surface area (Å²) in [6.07, 6.45) is 5.15. The van der Waals surface area contributed by atoms with Gasteiger partial charge in [-0.3, -0.25) is 0 Å². The Morgan fingerprint density at radius 3 is 2.67 bits per heavy atom. The molecule has 0 saturated carbocycles. The molecule has 0 unspecified atom stereocenters. The molecule has 0 spiro atoms. The van der Waals surface area contributed by atoms with E-state index in [1.54, 1.807) is 0 Å². The van der Waals surface area contributed by atoms with Gasteiger partial charge in [0.2, 0.25) is 5.13 Å². The molecule has 1 aromatic heterocycles. The summed E-state index contributed by atoms with van der Waals surface area (Å²) in [4.78, 5) is 4.42. The molecule has 0 atom stereocenters. The zero-order chi connectivity index (χ0) is 11.1. The normalized spacial score (nSPS) is 10.9. The minimum absolute atomic E-state index is 0.428. The number of rotatable bonds is 7. The van der Waals surface area contributed by atoms with E-state index in [1.165, 1.54) is 37.2 Å². The van der Waals surface area contributed by atoms with Gasteiger partial charge in [0.05, 0.1) is 0 Å². The van der Waals surface area contributed by atoms with Crippen LogP contribution >= 0.6 is 11.5 Å². The first-order valence-corrected chi connectivity index (χ1v) is 6.58. The first-order valence-electron chi connectivity index (χ1n) is 5.81. The van der Waals surface area contributed by atoms with E-state index in [0.717, 1.165) is 17.5 Å². The first kappa shape index (κ1) is 12.4. The average molecular weight is 227 g/mol. The molecule has 3 nitrogen and oxygen atoms in total. The molecule has 0 aromatic carbocycles. The molecule has 0 aliphatic heterocycles. The molecule has 0 amide bonds. The van der Waals surface area contributed by atoms with Crippen molar-refractivity contribution in [1.82, 2.24) is 9.36 Å². The van der Waals surface area contributed by atoms with Crippen molar-refractivity contribution < 1.29 is 0 Å². The quantitative estimate of drug-likeness (QED) is 0.722. The Morgan fingerprint density at radius 1 is 1.27 bits per heavy atom. The summed E-state index contributed by atoms with van der Waals surface area (Å²) in [5.41, 5.74) is 0. The predicted molar refractivity (Wildman–Crippen MR) is 66.6 cm³/mol. The Morgan fingerprint density at radius 2 is 2.07 bits per heavy atom. The van der Waals surface area contributed by atoms with Crippen LogP contribution < -0.4 is 5.32 Å². The third-order valence-electron chi connectivity index (χ3n) is 2.26. The summed E-state index contributed by atoms with van der Waals surface area (Å²) in [6, 6.07) is 0. The van der Waals surface area contributed by atoms with Crippen molar-refractivity contribution in [2.24, 2.45) is 0 Å². The van der Waals surface area contributed by atoms with Gasteiger partial charge in [0.15, 0.2) is 0 Å². The van der Waals surface area contributed by atoms with Gasteiger partial charge in [-0.1, -0.05) is 40.0 Å². The SMILES string of the molecule is CCCCCCNc1nc(C(C)C)ns1. The number of nitrogens with zero attached hydrogens (tertiary/aromatic N) is 2. The summed E-state index contributed by atoms with van der Waals surface area (Å²) in [5.74, 6) is 1.38. The highest BCUT2D eigenvalue weighted by atomic mass is 32.1. The van der Waals surface area contributed by atoms with Crippen LogP contribution in [0.1, 0.15) is 58.2 Å². The molecule has 1 N–H and O–H groups in total. The number of nitrogens with one attached hydrogen (secondary N) is 1. The highest BCUT2D eigenvalue weighted by molar-refractivity contribution is 7.09. The van der Waals surface area contributed by atoms with Crippen molar-refractivity contribution in [3.63, 3.8) is 0 Å². The van der Waals surface area contributed by atoms with Crippen LogP contribution in [0.4, 0.5) is 5.13 Å². The van der Waals surface area contributed by atoms with Crippen LogP contribution in [-0.4, -0.2) is 15.9 Å². The maximum absolute atomic E-state index is 4.42. The molecule has 4 heteroatoms. The minimum atomic E-state index is 0.428. The van der Waals surface area contributed by atoms with Gasteiger partial charge >= 0.3 is 0 Å². The van der Waals surface area contributed by atoms with Crippen molar-refractivity contribution in [3.05, 3.63) is 5.82 Å². The molecule has 1 aromatic rings.